The van der Waals surface area contributed by atoms with E-state index in [1.54, 1.807) is 0 Å². The molecule has 0 aliphatic carbocycles. The molecule has 0 fully saturated rings. The van der Waals surface area contributed by atoms with Crippen LogP contribution >= 0.6 is 23.2 Å². The molecular formula is C24H16Cl2Se. The molecule has 27 heavy (non-hydrogen) atoms. The second-order valence-electron chi connectivity index (χ2n) is 6.13. The molecule has 1 aromatic heterocycles. The van der Waals surface area contributed by atoms with Gasteiger partial charge in [0.25, 0.3) is 0 Å². The van der Waals surface area contributed by atoms with Crippen LogP contribution in [-0.4, -0.2) is 14.5 Å². The molecule has 3 aromatic carbocycles. The molecule has 0 unspecified atom stereocenters. The molecule has 0 radical (unpaired) electrons. The summed E-state index contributed by atoms with van der Waals surface area (Å²) in [4.78, 5) is 2.35. The van der Waals surface area contributed by atoms with Gasteiger partial charge >= 0.3 is 176 Å². The minimum atomic E-state index is 0.295. The van der Waals surface area contributed by atoms with E-state index >= 15 is 0 Å². The Morgan fingerprint density at radius 1 is 0.667 bits per heavy atom. The van der Waals surface area contributed by atoms with Crippen molar-refractivity contribution in [3.8, 4) is 21.1 Å². The molecule has 0 aliphatic rings. The fourth-order valence-corrected chi connectivity index (χ4v) is 5.55. The van der Waals surface area contributed by atoms with Gasteiger partial charge in [0.05, 0.1) is 0 Å². The van der Waals surface area contributed by atoms with Crippen LogP contribution in [0.5, 0.6) is 0 Å². The molecule has 0 spiro atoms. The molecule has 0 saturated carbocycles. The zero-order chi connectivity index (χ0) is 18.6. The van der Waals surface area contributed by atoms with E-state index in [-0.39, 0.29) is 0 Å². The van der Waals surface area contributed by atoms with Crippen molar-refractivity contribution in [3.63, 3.8) is 0 Å². The van der Waals surface area contributed by atoms with Gasteiger partial charge in [0, 0.05) is 0 Å². The average Bonchev–Trinajstić information content (AvgIpc) is 3.14. The molecule has 3 heteroatoms. The third-order valence-corrected chi connectivity index (χ3v) is 7.25. The Bertz CT molecular complexity index is 1080. The van der Waals surface area contributed by atoms with Gasteiger partial charge in [0.1, 0.15) is 0 Å². The maximum atomic E-state index is 6.15. The van der Waals surface area contributed by atoms with Gasteiger partial charge in [-0.1, -0.05) is 0 Å². The Morgan fingerprint density at radius 3 is 2.00 bits per heavy atom. The van der Waals surface area contributed by atoms with Crippen molar-refractivity contribution in [1.29, 1.82) is 0 Å². The van der Waals surface area contributed by atoms with Crippen LogP contribution in [0.25, 0.3) is 33.3 Å². The summed E-state index contributed by atoms with van der Waals surface area (Å²) in [6.45, 7) is 0. The van der Waals surface area contributed by atoms with Gasteiger partial charge < -0.3 is 0 Å². The van der Waals surface area contributed by atoms with Gasteiger partial charge in [-0.25, -0.2) is 0 Å². The van der Waals surface area contributed by atoms with Crippen LogP contribution in [-0.2, 0) is 0 Å². The standard InChI is InChI=1S/C24H16Cl2Se/c25-21-14-12-17(15-22(21)26)11-13-20-16-27-24(19-9-5-2-6-10-19)23(20)18-7-3-1-4-8-18/h1-16H/b13-11+. The average molecular weight is 454 g/mol. The van der Waals surface area contributed by atoms with Crippen molar-refractivity contribution in [1.82, 2.24) is 0 Å². The van der Waals surface area contributed by atoms with E-state index in [2.05, 4.69) is 77.8 Å². The van der Waals surface area contributed by atoms with Crippen molar-refractivity contribution < 1.29 is 0 Å². The fraction of sp³-hybridized carbons (Fsp3) is 0. The molecule has 0 amide bonds. The number of hydrogen-bond acceptors (Lipinski definition) is 0. The number of hydrogen-bond donors (Lipinski definition) is 0. The van der Waals surface area contributed by atoms with Crippen LogP contribution < -0.4 is 0 Å². The molecule has 0 saturated heterocycles. The van der Waals surface area contributed by atoms with Crippen LogP contribution in [0.2, 0.25) is 10.0 Å². The molecule has 0 atom stereocenters. The molecule has 4 rings (SSSR count). The Kier molecular flexibility index (Phi) is 5.66. The van der Waals surface area contributed by atoms with E-state index in [1.165, 1.54) is 26.7 Å². The molecule has 0 nitrogen and oxygen atoms in total. The number of benzene rings is 3. The summed E-state index contributed by atoms with van der Waals surface area (Å²) >= 11 is 12.5. The summed E-state index contributed by atoms with van der Waals surface area (Å²) in [5.41, 5.74) is 6.16. The van der Waals surface area contributed by atoms with E-state index < -0.39 is 0 Å². The van der Waals surface area contributed by atoms with Crippen LogP contribution in [0.15, 0.2) is 83.8 Å². The van der Waals surface area contributed by atoms with Crippen LogP contribution in [0.4, 0.5) is 0 Å². The number of halogens is 2. The van der Waals surface area contributed by atoms with Gasteiger partial charge in [-0.3, -0.25) is 0 Å². The SMILES string of the molecule is Clc1ccc(/C=C/c2c[se]c(-c3ccccc3)c2-c2ccccc2)cc1Cl. The number of rotatable bonds is 4. The van der Waals surface area contributed by atoms with Crippen molar-refractivity contribution in [2.75, 3.05) is 0 Å². The second-order valence-corrected chi connectivity index (χ2v) is 8.79. The zero-order valence-corrected chi connectivity index (χ0v) is 17.6. The molecule has 0 bridgehead atoms. The van der Waals surface area contributed by atoms with Crippen molar-refractivity contribution >= 4 is 49.9 Å². The first-order valence-electron chi connectivity index (χ1n) is 8.58. The van der Waals surface area contributed by atoms with Crippen LogP contribution in [0.1, 0.15) is 11.1 Å². The van der Waals surface area contributed by atoms with E-state index in [1.807, 2.05) is 18.2 Å². The van der Waals surface area contributed by atoms with Gasteiger partial charge in [0.15, 0.2) is 0 Å². The summed E-state index contributed by atoms with van der Waals surface area (Å²) in [5, 5.41) is 1.15. The summed E-state index contributed by atoms with van der Waals surface area (Å²) in [7, 11) is 0. The predicted octanol–water partition coefficient (Wildman–Crippen LogP) is 7.55. The first kappa shape index (κ1) is 18.3. The summed E-state index contributed by atoms with van der Waals surface area (Å²) in [6, 6.07) is 27.0. The van der Waals surface area contributed by atoms with Crippen molar-refractivity contribution in [3.05, 3.63) is 105 Å². The third kappa shape index (κ3) is 4.13. The predicted molar refractivity (Wildman–Crippen MR) is 120 cm³/mol. The zero-order valence-electron chi connectivity index (χ0n) is 14.4. The molecule has 1 heterocycles. The first-order valence-corrected chi connectivity index (χ1v) is 11.2. The molecule has 0 aliphatic heterocycles. The Balaban J connectivity index is 1.80. The summed E-state index contributed by atoms with van der Waals surface area (Å²) < 4.78 is 1.42. The fourth-order valence-electron chi connectivity index (χ4n) is 3.00. The molecular weight excluding hydrogens is 438 g/mol. The van der Waals surface area contributed by atoms with Gasteiger partial charge in [-0.05, 0) is 0 Å². The Labute approximate surface area is 175 Å². The van der Waals surface area contributed by atoms with Crippen molar-refractivity contribution in [2.24, 2.45) is 0 Å². The Morgan fingerprint density at radius 2 is 1.33 bits per heavy atom. The van der Waals surface area contributed by atoms with Crippen LogP contribution in [0, 0.1) is 0 Å². The van der Waals surface area contributed by atoms with Gasteiger partial charge in [-0.2, -0.15) is 0 Å². The van der Waals surface area contributed by atoms with E-state index in [9.17, 15) is 0 Å². The molecule has 0 N–H and O–H groups in total. The quantitative estimate of drug-likeness (QED) is 0.279. The van der Waals surface area contributed by atoms with E-state index in [4.69, 9.17) is 23.2 Å². The normalized spacial score (nSPS) is 11.2. The van der Waals surface area contributed by atoms with E-state index in [0.717, 1.165) is 5.56 Å². The van der Waals surface area contributed by atoms with Gasteiger partial charge in [0.2, 0.25) is 0 Å². The molecule has 132 valence electrons. The topological polar surface area (TPSA) is 0 Å². The third-order valence-electron chi connectivity index (χ3n) is 4.32. The monoisotopic (exact) mass is 454 g/mol. The second kappa shape index (κ2) is 8.33. The first-order chi connectivity index (χ1) is 13.2. The van der Waals surface area contributed by atoms with Crippen LogP contribution in [0.3, 0.4) is 0 Å². The minimum absolute atomic E-state index is 0.295. The van der Waals surface area contributed by atoms with Crippen molar-refractivity contribution in [2.45, 2.75) is 0 Å². The summed E-state index contributed by atoms with van der Waals surface area (Å²) in [5.74, 6) is 0. The Hall–Kier alpha value is -2.02. The maximum absolute atomic E-state index is 6.15. The molecule has 4 aromatic rings. The summed E-state index contributed by atoms with van der Waals surface area (Å²) in [6.07, 6.45) is 4.28. The van der Waals surface area contributed by atoms with Gasteiger partial charge in [-0.15, -0.1) is 0 Å². The van der Waals surface area contributed by atoms with E-state index in [0.29, 0.717) is 24.5 Å².